The maximum atomic E-state index is 6.25. The van der Waals surface area contributed by atoms with Gasteiger partial charge in [0, 0.05) is 22.5 Å². The first-order chi connectivity index (χ1) is 9.54. The van der Waals surface area contributed by atoms with Crippen LogP contribution in [-0.4, -0.2) is 0 Å². The van der Waals surface area contributed by atoms with Crippen LogP contribution in [0.15, 0.2) is 40.9 Å². The average molecular weight is 373 g/mol. The molecule has 0 bridgehead atoms. The second-order valence-corrected chi connectivity index (χ2v) is 6.53. The Labute approximate surface area is 136 Å². The van der Waals surface area contributed by atoms with Gasteiger partial charge in [0.25, 0.3) is 0 Å². The summed E-state index contributed by atoms with van der Waals surface area (Å²) < 4.78 is 7.04. The van der Waals surface area contributed by atoms with E-state index in [1.165, 1.54) is 0 Å². The highest BCUT2D eigenvalue weighted by Gasteiger charge is 2.27. The van der Waals surface area contributed by atoms with Gasteiger partial charge in [-0.05, 0) is 35.9 Å². The second-order valence-electron chi connectivity index (χ2n) is 4.80. The normalized spacial score (nSPS) is 21.2. The third-order valence-electron chi connectivity index (χ3n) is 3.42. The molecule has 5 heteroatoms. The monoisotopic (exact) mass is 371 g/mol. The molecule has 2 N–H and O–H groups in total. The number of hydrogen-bond acceptors (Lipinski definition) is 2. The Hall–Kier alpha value is -0.740. The lowest BCUT2D eigenvalue weighted by atomic mass is 9.94. The standard InChI is InChI=1S/C15H12BrCl2NO/c16-9-2-4-14-10(6-9)13(19)7-15(20-14)8-1-3-11(17)12(18)5-8/h1-6,13,15H,7,19H2/t13-,15?/m1/s1. The molecule has 3 rings (SSSR count). The highest BCUT2D eigenvalue weighted by Crippen LogP contribution is 2.41. The molecule has 0 saturated heterocycles. The molecule has 2 atom stereocenters. The van der Waals surface area contributed by atoms with Gasteiger partial charge in [0.05, 0.1) is 10.0 Å². The summed E-state index contributed by atoms with van der Waals surface area (Å²) in [6, 6.07) is 11.4. The SMILES string of the molecule is N[C@@H]1CC(c2ccc(Cl)c(Cl)c2)Oc2ccc(Br)cc21. The Balaban J connectivity index is 1.94. The topological polar surface area (TPSA) is 35.2 Å². The van der Waals surface area contributed by atoms with Crippen molar-refractivity contribution in [1.82, 2.24) is 0 Å². The minimum Gasteiger partial charge on any atom is -0.485 e. The zero-order chi connectivity index (χ0) is 14.3. The van der Waals surface area contributed by atoms with Crippen LogP contribution in [0.2, 0.25) is 10.0 Å². The van der Waals surface area contributed by atoms with Gasteiger partial charge in [-0.3, -0.25) is 0 Å². The molecule has 0 spiro atoms. The molecule has 0 fully saturated rings. The van der Waals surface area contributed by atoms with Gasteiger partial charge in [-0.25, -0.2) is 0 Å². The first-order valence-electron chi connectivity index (χ1n) is 6.21. The Morgan fingerprint density at radius 1 is 1.10 bits per heavy atom. The van der Waals surface area contributed by atoms with Gasteiger partial charge in [-0.15, -0.1) is 0 Å². The lowest BCUT2D eigenvalue weighted by Gasteiger charge is -2.30. The van der Waals surface area contributed by atoms with Crippen molar-refractivity contribution in [3.63, 3.8) is 0 Å². The van der Waals surface area contributed by atoms with E-state index in [9.17, 15) is 0 Å². The number of nitrogens with two attached hydrogens (primary N) is 1. The van der Waals surface area contributed by atoms with Gasteiger partial charge < -0.3 is 10.5 Å². The van der Waals surface area contributed by atoms with Crippen LogP contribution >= 0.6 is 39.1 Å². The molecule has 0 amide bonds. The molecule has 2 aromatic rings. The van der Waals surface area contributed by atoms with Crippen LogP contribution in [0.3, 0.4) is 0 Å². The summed E-state index contributed by atoms with van der Waals surface area (Å²) in [6.07, 6.45) is 0.606. The predicted octanol–water partition coefficient (Wildman–Crippen LogP) is 5.28. The molecule has 0 saturated carbocycles. The highest BCUT2D eigenvalue weighted by atomic mass is 79.9. The zero-order valence-electron chi connectivity index (χ0n) is 10.4. The van der Waals surface area contributed by atoms with Crippen molar-refractivity contribution in [3.8, 4) is 5.75 Å². The van der Waals surface area contributed by atoms with Crippen molar-refractivity contribution in [2.75, 3.05) is 0 Å². The van der Waals surface area contributed by atoms with E-state index < -0.39 is 0 Å². The summed E-state index contributed by atoms with van der Waals surface area (Å²) in [7, 11) is 0. The molecule has 1 aliphatic heterocycles. The minimum absolute atomic E-state index is 0.0595. The fourth-order valence-corrected chi connectivity index (χ4v) is 3.08. The molecule has 1 unspecified atom stereocenters. The summed E-state index contributed by atoms with van der Waals surface area (Å²) in [5.41, 5.74) is 8.26. The lowest BCUT2D eigenvalue weighted by molar-refractivity contribution is 0.161. The number of halogens is 3. The summed E-state index contributed by atoms with van der Waals surface area (Å²) in [5, 5.41) is 1.07. The molecule has 2 nitrogen and oxygen atoms in total. The Bertz CT molecular complexity index is 662. The van der Waals surface area contributed by atoms with Crippen LogP contribution in [0.1, 0.15) is 29.7 Å². The fraction of sp³-hybridized carbons (Fsp3) is 0.200. The van der Waals surface area contributed by atoms with Crippen molar-refractivity contribution in [2.24, 2.45) is 5.73 Å². The van der Waals surface area contributed by atoms with E-state index in [2.05, 4.69) is 15.9 Å². The molecular formula is C15H12BrCl2NO. The number of benzene rings is 2. The average Bonchev–Trinajstić information content (AvgIpc) is 2.42. The molecule has 2 aromatic carbocycles. The third kappa shape index (κ3) is 2.68. The molecule has 1 heterocycles. The van der Waals surface area contributed by atoms with E-state index in [4.69, 9.17) is 33.7 Å². The van der Waals surface area contributed by atoms with Crippen molar-refractivity contribution in [3.05, 3.63) is 62.0 Å². The number of rotatable bonds is 1. The molecule has 0 radical (unpaired) electrons. The largest absolute Gasteiger partial charge is 0.485 e. The van der Waals surface area contributed by atoms with Crippen molar-refractivity contribution >= 4 is 39.1 Å². The predicted molar refractivity (Wildman–Crippen MR) is 85.5 cm³/mol. The van der Waals surface area contributed by atoms with Gasteiger partial charge in [-0.2, -0.15) is 0 Å². The molecular weight excluding hydrogens is 361 g/mol. The van der Waals surface area contributed by atoms with Crippen LogP contribution in [0.4, 0.5) is 0 Å². The summed E-state index contributed by atoms with van der Waals surface area (Å²) in [5.74, 6) is 0.822. The molecule has 20 heavy (non-hydrogen) atoms. The number of ether oxygens (including phenoxy) is 1. The summed E-state index contributed by atoms with van der Waals surface area (Å²) in [4.78, 5) is 0. The van der Waals surface area contributed by atoms with Crippen LogP contribution in [0.5, 0.6) is 5.75 Å². The maximum absolute atomic E-state index is 6.25. The Kier molecular flexibility index (Phi) is 3.95. The van der Waals surface area contributed by atoms with E-state index in [1.807, 2.05) is 30.3 Å². The van der Waals surface area contributed by atoms with Crippen LogP contribution in [0.25, 0.3) is 0 Å². The number of hydrogen-bond donors (Lipinski definition) is 1. The van der Waals surface area contributed by atoms with E-state index in [1.54, 1.807) is 6.07 Å². The first kappa shape index (κ1) is 14.2. The van der Waals surface area contributed by atoms with Gasteiger partial charge in [0.1, 0.15) is 11.9 Å². The highest BCUT2D eigenvalue weighted by molar-refractivity contribution is 9.10. The van der Waals surface area contributed by atoms with Gasteiger partial charge in [-0.1, -0.05) is 45.2 Å². The summed E-state index contributed by atoms with van der Waals surface area (Å²) in [6.45, 7) is 0. The maximum Gasteiger partial charge on any atom is 0.126 e. The van der Waals surface area contributed by atoms with Crippen molar-refractivity contribution in [1.29, 1.82) is 0 Å². The molecule has 1 aliphatic rings. The van der Waals surface area contributed by atoms with E-state index in [0.29, 0.717) is 16.5 Å². The third-order valence-corrected chi connectivity index (χ3v) is 4.66. The van der Waals surface area contributed by atoms with E-state index >= 15 is 0 Å². The lowest BCUT2D eigenvalue weighted by Crippen LogP contribution is -2.24. The first-order valence-corrected chi connectivity index (χ1v) is 7.76. The molecule has 104 valence electrons. The van der Waals surface area contributed by atoms with Gasteiger partial charge in [0.15, 0.2) is 0 Å². The van der Waals surface area contributed by atoms with Crippen LogP contribution in [0, 0.1) is 0 Å². The molecule has 0 aromatic heterocycles. The minimum atomic E-state index is -0.103. The van der Waals surface area contributed by atoms with Crippen LogP contribution in [-0.2, 0) is 0 Å². The Morgan fingerprint density at radius 3 is 2.65 bits per heavy atom. The van der Waals surface area contributed by atoms with E-state index in [0.717, 1.165) is 21.3 Å². The Morgan fingerprint density at radius 2 is 1.90 bits per heavy atom. The van der Waals surface area contributed by atoms with Gasteiger partial charge >= 0.3 is 0 Å². The number of fused-ring (bicyclic) bond motifs is 1. The quantitative estimate of drug-likeness (QED) is 0.738. The van der Waals surface area contributed by atoms with Crippen molar-refractivity contribution in [2.45, 2.75) is 18.6 Å². The van der Waals surface area contributed by atoms with Crippen molar-refractivity contribution < 1.29 is 4.74 Å². The van der Waals surface area contributed by atoms with Gasteiger partial charge in [0.2, 0.25) is 0 Å². The molecule has 0 aliphatic carbocycles. The van der Waals surface area contributed by atoms with E-state index in [-0.39, 0.29) is 12.1 Å². The zero-order valence-corrected chi connectivity index (χ0v) is 13.5. The summed E-state index contributed by atoms with van der Waals surface area (Å²) >= 11 is 15.5. The second kappa shape index (κ2) is 5.57. The fourth-order valence-electron chi connectivity index (χ4n) is 2.39. The smallest absolute Gasteiger partial charge is 0.126 e. The van der Waals surface area contributed by atoms with Crippen LogP contribution < -0.4 is 10.5 Å².